The summed E-state index contributed by atoms with van der Waals surface area (Å²) >= 11 is 2.91. The van der Waals surface area contributed by atoms with E-state index in [0.29, 0.717) is 0 Å². The predicted molar refractivity (Wildman–Crippen MR) is 50.7 cm³/mol. The molecule has 0 saturated carbocycles. The fourth-order valence-electron chi connectivity index (χ4n) is 0.952. The fraction of sp³-hybridized carbons (Fsp3) is 0.111. The number of carbonyl (C=O) groups excluding carboxylic acids is 1. The van der Waals surface area contributed by atoms with Gasteiger partial charge in [0.1, 0.15) is 12.2 Å². The van der Waals surface area contributed by atoms with Gasteiger partial charge in [0.25, 0.3) is 0 Å². The Kier molecular flexibility index (Phi) is 3.35. The minimum Gasteiger partial charge on any atom is -0.481 e. The molecule has 1 aromatic carbocycles. The summed E-state index contributed by atoms with van der Waals surface area (Å²) in [6.45, 7) is 0. The molecule has 0 aromatic heterocycles. The van der Waals surface area contributed by atoms with Crippen molar-refractivity contribution < 1.29 is 19.1 Å². The maximum absolute atomic E-state index is 13.2. The molecule has 0 radical (unpaired) electrons. The van der Waals surface area contributed by atoms with Gasteiger partial charge in [-0.25, -0.2) is 4.39 Å². The van der Waals surface area contributed by atoms with Crippen molar-refractivity contribution in [2.24, 2.45) is 0 Å². The van der Waals surface area contributed by atoms with Gasteiger partial charge in [0.2, 0.25) is 0 Å². The molecule has 1 rings (SSSR count). The zero-order valence-corrected chi connectivity index (χ0v) is 8.54. The Hall–Kier alpha value is -1.23. The molecule has 74 valence electrons. The van der Waals surface area contributed by atoms with Crippen LogP contribution in [-0.4, -0.2) is 16.9 Å². The smallest absolute Gasteiger partial charge is 0.311 e. The number of Topliss-reactive ketones (excluding diaryl/α,β-unsaturated/α-hetero) is 1. The maximum atomic E-state index is 13.2. The number of aliphatic carboxylic acids is 1. The Morgan fingerprint density at radius 2 is 2.07 bits per heavy atom. The van der Waals surface area contributed by atoms with Crippen LogP contribution in [0.2, 0.25) is 0 Å². The van der Waals surface area contributed by atoms with Crippen LogP contribution in [0.1, 0.15) is 16.8 Å². The Labute approximate surface area is 87.7 Å². The summed E-state index contributed by atoms with van der Waals surface area (Å²) in [6.07, 6.45) is -0.701. The first-order valence-corrected chi connectivity index (χ1v) is 4.50. The second-order valence-electron chi connectivity index (χ2n) is 2.60. The Bertz CT molecular complexity index is 390. The lowest BCUT2D eigenvalue weighted by Gasteiger charge is -2.01. The molecule has 0 heterocycles. The molecular weight excluding hydrogens is 255 g/mol. The van der Waals surface area contributed by atoms with Crippen LogP contribution < -0.4 is 0 Å². The first-order valence-electron chi connectivity index (χ1n) is 3.71. The van der Waals surface area contributed by atoms with Gasteiger partial charge in [0, 0.05) is 0 Å². The largest absolute Gasteiger partial charge is 0.481 e. The van der Waals surface area contributed by atoms with Gasteiger partial charge >= 0.3 is 5.97 Å². The SMILES string of the molecule is O=C(O)CC(=O)c1cccc(Br)c1F. The van der Waals surface area contributed by atoms with Crippen molar-refractivity contribution in [2.75, 3.05) is 0 Å². The summed E-state index contributed by atoms with van der Waals surface area (Å²) < 4.78 is 13.4. The maximum Gasteiger partial charge on any atom is 0.311 e. The molecule has 1 N–H and O–H groups in total. The van der Waals surface area contributed by atoms with Crippen LogP contribution in [0.25, 0.3) is 0 Å². The van der Waals surface area contributed by atoms with Gasteiger partial charge in [0.05, 0.1) is 10.0 Å². The highest BCUT2D eigenvalue weighted by Gasteiger charge is 2.16. The highest BCUT2D eigenvalue weighted by Crippen LogP contribution is 2.19. The van der Waals surface area contributed by atoms with Crippen LogP contribution in [-0.2, 0) is 4.79 Å². The lowest BCUT2D eigenvalue weighted by molar-refractivity contribution is -0.135. The second-order valence-corrected chi connectivity index (χ2v) is 3.45. The van der Waals surface area contributed by atoms with Crippen LogP contribution >= 0.6 is 15.9 Å². The van der Waals surface area contributed by atoms with Crippen LogP contribution in [0.4, 0.5) is 4.39 Å². The van der Waals surface area contributed by atoms with Crippen molar-refractivity contribution in [1.29, 1.82) is 0 Å². The fourth-order valence-corrected chi connectivity index (χ4v) is 1.32. The minimum atomic E-state index is -1.27. The second kappa shape index (κ2) is 4.32. The molecule has 3 nitrogen and oxygen atoms in total. The summed E-state index contributed by atoms with van der Waals surface area (Å²) in [7, 11) is 0. The third-order valence-corrected chi connectivity index (χ3v) is 2.18. The van der Waals surface area contributed by atoms with Crippen molar-refractivity contribution in [3.63, 3.8) is 0 Å². The molecule has 0 amide bonds. The minimum absolute atomic E-state index is 0.147. The number of hydrogen-bond donors (Lipinski definition) is 1. The van der Waals surface area contributed by atoms with E-state index in [-0.39, 0.29) is 10.0 Å². The van der Waals surface area contributed by atoms with E-state index in [1.165, 1.54) is 18.2 Å². The number of carboxylic acids is 1. The Morgan fingerprint density at radius 1 is 1.43 bits per heavy atom. The predicted octanol–water partition coefficient (Wildman–Crippen LogP) is 2.25. The van der Waals surface area contributed by atoms with Gasteiger partial charge in [-0.2, -0.15) is 0 Å². The van der Waals surface area contributed by atoms with E-state index in [1.807, 2.05) is 0 Å². The standard InChI is InChI=1S/C9H6BrFO3/c10-6-3-1-2-5(9(6)11)7(12)4-8(13)14/h1-3H,4H2,(H,13,14). The zero-order chi connectivity index (χ0) is 10.7. The first-order chi connectivity index (χ1) is 6.52. The molecule has 0 fully saturated rings. The van der Waals surface area contributed by atoms with Crippen LogP contribution in [0.15, 0.2) is 22.7 Å². The molecule has 0 bridgehead atoms. The summed E-state index contributed by atoms with van der Waals surface area (Å²) in [4.78, 5) is 21.4. The van der Waals surface area contributed by atoms with Gasteiger partial charge in [-0.1, -0.05) is 6.07 Å². The molecule has 0 spiro atoms. The van der Waals surface area contributed by atoms with Crippen LogP contribution in [0.3, 0.4) is 0 Å². The van der Waals surface area contributed by atoms with Gasteiger partial charge in [-0.15, -0.1) is 0 Å². The summed E-state index contributed by atoms with van der Waals surface area (Å²) in [5, 5.41) is 8.35. The number of ketones is 1. The van der Waals surface area contributed by atoms with E-state index < -0.39 is 24.0 Å². The lowest BCUT2D eigenvalue weighted by Crippen LogP contribution is -2.09. The van der Waals surface area contributed by atoms with E-state index in [9.17, 15) is 14.0 Å². The van der Waals surface area contributed by atoms with Gasteiger partial charge in [0.15, 0.2) is 5.78 Å². The first kappa shape index (κ1) is 10.8. The van der Waals surface area contributed by atoms with Crippen LogP contribution in [0, 0.1) is 5.82 Å². The summed E-state index contributed by atoms with van der Waals surface area (Å²) in [5.41, 5.74) is -0.207. The van der Waals surface area contributed by atoms with E-state index in [4.69, 9.17) is 5.11 Å². The number of rotatable bonds is 3. The van der Waals surface area contributed by atoms with Crippen molar-refractivity contribution in [3.8, 4) is 0 Å². The quantitative estimate of drug-likeness (QED) is 0.670. The topological polar surface area (TPSA) is 54.4 Å². The van der Waals surface area contributed by atoms with Gasteiger partial charge in [-0.05, 0) is 28.1 Å². The van der Waals surface area contributed by atoms with Crippen molar-refractivity contribution in [2.45, 2.75) is 6.42 Å². The molecule has 0 saturated heterocycles. The molecular formula is C9H6BrFO3. The number of benzene rings is 1. The van der Waals surface area contributed by atoms with E-state index in [0.717, 1.165) is 0 Å². The lowest BCUT2D eigenvalue weighted by atomic mass is 10.1. The number of carboxylic acid groups (broad SMARTS) is 1. The average molecular weight is 261 g/mol. The molecule has 1 aromatic rings. The number of halogens is 2. The highest BCUT2D eigenvalue weighted by atomic mass is 79.9. The number of hydrogen-bond acceptors (Lipinski definition) is 2. The molecule has 5 heteroatoms. The highest BCUT2D eigenvalue weighted by molar-refractivity contribution is 9.10. The third-order valence-electron chi connectivity index (χ3n) is 1.56. The third kappa shape index (κ3) is 2.38. The van der Waals surface area contributed by atoms with Crippen LogP contribution in [0.5, 0.6) is 0 Å². The Balaban J connectivity index is 3.01. The zero-order valence-electron chi connectivity index (χ0n) is 6.96. The summed E-state index contributed by atoms with van der Waals surface area (Å²) in [5.74, 6) is -2.73. The van der Waals surface area contributed by atoms with Crippen molar-refractivity contribution >= 4 is 27.7 Å². The van der Waals surface area contributed by atoms with E-state index >= 15 is 0 Å². The number of carbonyl (C=O) groups is 2. The van der Waals surface area contributed by atoms with E-state index in [1.54, 1.807) is 0 Å². The molecule has 0 atom stereocenters. The van der Waals surface area contributed by atoms with Gasteiger partial charge in [-0.3, -0.25) is 9.59 Å². The molecule has 0 aliphatic heterocycles. The monoisotopic (exact) mass is 260 g/mol. The van der Waals surface area contributed by atoms with Gasteiger partial charge < -0.3 is 5.11 Å². The summed E-state index contributed by atoms with van der Waals surface area (Å²) in [6, 6.07) is 4.17. The molecule has 14 heavy (non-hydrogen) atoms. The average Bonchev–Trinajstić information content (AvgIpc) is 2.08. The normalized spacial score (nSPS) is 9.86. The van der Waals surface area contributed by atoms with Crippen molar-refractivity contribution in [1.82, 2.24) is 0 Å². The molecule has 0 unspecified atom stereocenters. The molecule has 0 aliphatic rings. The van der Waals surface area contributed by atoms with E-state index in [2.05, 4.69) is 15.9 Å². The molecule has 0 aliphatic carbocycles. The van der Waals surface area contributed by atoms with Crippen molar-refractivity contribution in [3.05, 3.63) is 34.1 Å². The Morgan fingerprint density at radius 3 is 2.64 bits per heavy atom.